The molecule has 1 fully saturated rings. The van der Waals surface area contributed by atoms with Crippen molar-refractivity contribution < 1.29 is 14.0 Å². The molecule has 8 nitrogen and oxygen atoms in total. The molecule has 0 spiro atoms. The average Bonchev–Trinajstić information content (AvgIpc) is 3.08. The zero-order chi connectivity index (χ0) is 19.6. The molecule has 27 heavy (non-hydrogen) atoms. The Morgan fingerprint density at radius 1 is 1.26 bits per heavy atom. The van der Waals surface area contributed by atoms with Crippen molar-refractivity contribution in [3.05, 3.63) is 23.8 Å². The van der Waals surface area contributed by atoms with E-state index in [1.807, 2.05) is 43.9 Å². The summed E-state index contributed by atoms with van der Waals surface area (Å²) in [5, 5.41) is 2.63. The number of nitrogens with one attached hydrogen (secondary N) is 1. The molecule has 0 aliphatic carbocycles. The Morgan fingerprint density at radius 2 is 1.96 bits per heavy atom. The fourth-order valence-electron chi connectivity index (χ4n) is 3.00. The average molecular weight is 373 g/mol. The molecule has 1 aliphatic heterocycles. The van der Waals surface area contributed by atoms with Gasteiger partial charge in [-0.2, -0.15) is 4.98 Å². The largest absolute Gasteiger partial charge is 0.423 e. The Bertz CT molecular complexity index is 824. The predicted octanol–water partition coefficient (Wildman–Crippen LogP) is 0.884. The van der Waals surface area contributed by atoms with E-state index in [0.29, 0.717) is 32.2 Å². The second-order valence-electron chi connectivity index (χ2n) is 7.32. The topological polar surface area (TPSA) is 105 Å². The van der Waals surface area contributed by atoms with Crippen molar-refractivity contribution in [2.24, 2.45) is 11.7 Å². The highest BCUT2D eigenvalue weighted by atomic mass is 16.4. The maximum absolute atomic E-state index is 12.3. The Balaban J connectivity index is 1.52. The number of fused-ring (bicyclic) bond motifs is 1. The summed E-state index contributed by atoms with van der Waals surface area (Å²) in [6.45, 7) is 8.13. The molecule has 146 valence electrons. The molecule has 1 atom stereocenters. The van der Waals surface area contributed by atoms with Gasteiger partial charge in [0.2, 0.25) is 11.8 Å². The summed E-state index contributed by atoms with van der Waals surface area (Å²) >= 11 is 0. The van der Waals surface area contributed by atoms with Crippen molar-refractivity contribution in [2.45, 2.75) is 26.8 Å². The standard InChI is InChI=1S/C19H27N5O3/c1-12(2)17(20)18(26)21-11-16(25)23-6-8-24(9-7-23)19-22-14-10-13(3)4-5-15(14)27-19/h4-5,10,12,17H,6-9,11,20H2,1-3H3,(H,21,26)/t17-/m0/s1. The van der Waals surface area contributed by atoms with Crippen molar-refractivity contribution in [3.8, 4) is 0 Å². The van der Waals surface area contributed by atoms with Gasteiger partial charge in [-0.3, -0.25) is 9.59 Å². The van der Waals surface area contributed by atoms with Crippen LogP contribution >= 0.6 is 0 Å². The number of benzene rings is 1. The minimum Gasteiger partial charge on any atom is -0.423 e. The van der Waals surface area contributed by atoms with Crippen molar-refractivity contribution in [2.75, 3.05) is 37.6 Å². The molecule has 2 amide bonds. The third-order valence-corrected chi connectivity index (χ3v) is 4.87. The van der Waals surface area contributed by atoms with Gasteiger partial charge in [-0.15, -0.1) is 0 Å². The normalized spacial score (nSPS) is 16.0. The van der Waals surface area contributed by atoms with Crippen LogP contribution in [0.2, 0.25) is 0 Å². The molecule has 2 heterocycles. The van der Waals surface area contributed by atoms with Crippen LogP contribution in [-0.4, -0.2) is 60.5 Å². The first-order valence-electron chi connectivity index (χ1n) is 9.28. The second kappa shape index (κ2) is 7.96. The number of amides is 2. The summed E-state index contributed by atoms with van der Waals surface area (Å²) in [4.78, 5) is 32.5. The molecule has 2 aromatic rings. The molecule has 3 rings (SSSR count). The van der Waals surface area contributed by atoms with Crippen molar-refractivity contribution in [1.82, 2.24) is 15.2 Å². The molecule has 1 aliphatic rings. The van der Waals surface area contributed by atoms with E-state index in [-0.39, 0.29) is 24.3 Å². The zero-order valence-corrected chi connectivity index (χ0v) is 16.1. The monoisotopic (exact) mass is 373 g/mol. The summed E-state index contributed by atoms with van der Waals surface area (Å²) in [7, 11) is 0. The second-order valence-corrected chi connectivity index (χ2v) is 7.32. The first-order valence-corrected chi connectivity index (χ1v) is 9.28. The number of oxazole rings is 1. The minimum absolute atomic E-state index is 0.0264. The Morgan fingerprint density at radius 3 is 2.63 bits per heavy atom. The fraction of sp³-hybridized carbons (Fsp3) is 0.526. The van der Waals surface area contributed by atoms with Gasteiger partial charge in [0.15, 0.2) is 5.58 Å². The molecule has 0 unspecified atom stereocenters. The molecule has 0 bridgehead atoms. The first kappa shape index (κ1) is 19.2. The molecule has 8 heteroatoms. The smallest absolute Gasteiger partial charge is 0.298 e. The van der Waals surface area contributed by atoms with Crippen LogP contribution < -0.4 is 16.0 Å². The van der Waals surface area contributed by atoms with Gasteiger partial charge < -0.3 is 25.3 Å². The highest BCUT2D eigenvalue weighted by Gasteiger charge is 2.25. The van der Waals surface area contributed by atoms with Crippen molar-refractivity contribution in [1.29, 1.82) is 0 Å². The third kappa shape index (κ3) is 4.39. The summed E-state index contributed by atoms with van der Waals surface area (Å²) < 4.78 is 5.83. The summed E-state index contributed by atoms with van der Waals surface area (Å²) in [5.41, 5.74) is 8.53. The van der Waals surface area contributed by atoms with Crippen LogP contribution in [0.15, 0.2) is 22.6 Å². The lowest BCUT2D eigenvalue weighted by molar-refractivity contribution is -0.133. The number of piperazine rings is 1. The van der Waals surface area contributed by atoms with Crippen LogP contribution in [0.4, 0.5) is 6.01 Å². The van der Waals surface area contributed by atoms with Gasteiger partial charge >= 0.3 is 0 Å². The number of hydrogen-bond acceptors (Lipinski definition) is 6. The molecule has 1 aromatic carbocycles. The van der Waals surface area contributed by atoms with Gasteiger partial charge in [0.1, 0.15) is 5.52 Å². The lowest BCUT2D eigenvalue weighted by Crippen LogP contribution is -2.53. The van der Waals surface area contributed by atoms with Gasteiger partial charge in [-0.1, -0.05) is 19.9 Å². The van der Waals surface area contributed by atoms with E-state index in [1.54, 1.807) is 4.90 Å². The molecule has 1 aromatic heterocycles. The highest BCUT2D eigenvalue weighted by Crippen LogP contribution is 2.23. The van der Waals surface area contributed by atoms with Crippen LogP contribution in [-0.2, 0) is 9.59 Å². The van der Waals surface area contributed by atoms with E-state index in [1.165, 1.54) is 0 Å². The summed E-state index contributed by atoms with van der Waals surface area (Å²) in [6.07, 6.45) is 0. The van der Waals surface area contributed by atoms with Crippen LogP contribution in [0.1, 0.15) is 19.4 Å². The number of nitrogens with two attached hydrogens (primary N) is 1. The molecule has 3 N–H and O–H groups in total. The number of carbonyl (C=O) groups is 2. The molecule has 0 radical (unpaired) electrons. The van der Waals surface area contributed by atoms with Crippen LogP contribution in [0.25, 0.3) is 11.1 Å². The maximum atomic E-state index is 12.3. The van der Waals surface area contributed by atoms with Crippen LogP contribution in [0.3, 0.4) is 0 Å². The highest BCUT2D eigenvalue weighted by molar-refractivity contribution is 5.87. The SMILES string of the molecule is Cc1ccc2oc(N3CCN(C(=O)CNC(=O)[C@@H](N)C(C)C)CC3)nc2c1. The summed E-state index contributed by atoms with van der Waals surface area (Å²) in [6, 6.07) is 5.89. The number of carbonyl (C=O) groups excluding carboxylic acids is 2. The quantitative estimate of drug-likeness (QED) is 0.806. The number of aryl methyl sites for hydroxylation is 1. The number of hydrogen-bond donors (Lipinski definition) is 2. The fourth-order valence-corrected chi connectivity index (χ4v) is 3.00. The van der Waals surface area contributed by atoms with Crippen molar-refractivity contribution in [3.63, 3.8) is 0 Å². The minimum atomic E-state index is -0.600. The van der Waals surface area contributed by atoms with Gasteiger partial charge in [-0.25, -0.2) is 0 Å². The molecule has 0 saturated carbocycles. The summed E-state index contributed by atoms with van der Waals surface area (Å²) in [5.74, 6) is -0.366. The third-order valence-electron chi connectivity index (χ3n) is 4.87. The van der Waals surface area contributed by atoms with E-state index in [0.717, 1.165) is 16.7 Å². The van der Waals surface area contributed by atoms with Gasteiger partial charge in [0.25, 0.3) is 6.01 Å². The van der Waals surface area contributed by atoms with Gasteiger partial charge in [0, 0.05) is 26.2 Å². The van der Waals surface area contributed by atoms with E-state index >= 15 is 0 Å². The maximum Gasteiger partial charge on any atom is 0.298 e. The zero-order valence-electron chi connectivity index (χ0n) is 16.1. The van der Waals surface area contributed by atoms with Gasteiger partial charge in [-0.05, 0) is 30.5 Å². The number of anilines is 1. The Labute approximate surface area is 158 Å². The lowest BCUT2D eigenvalue weighted by atomic mass is 10.1. The van der Waals surface area contributed by atoms with E-state index < -0.39 is 6.04 Å². The van der Waals surface area contributed by atoms with Crippen molar-refractivity contribution >= 4 is 28.9 Å². The van der Waals surface area contributed by atoms with Gasteiger partial charge in [0.05, 0.1) is 12.6 Å². The number of aromatic nitrogens is 1. The van der Waals surface area contributed by atoms with Crippen LogP contribution in [0.5, 0.6) is 0 Å². The van der Waals surface area contributed by atoms with E-state index in [9.17, 15) is 9.59 Å². The Hall–Kier alpha value is -2.61. The predicted molar refractivity (Wildman–Crippen MR) is 103 cm³/mol. The number of nitrogens with zero attached hydrogens (tertiary/aromatic N) is 3. The molecular formula is C19H27N5O3. The van der Waals surface area contributed by atoms with Crippen LogP contribution in [0, 0.1) is 12.8 Å². The lowest BCUT2D eigenvalue weighted by Gasteiger charge is -2.34. The Kier molecular flexibility index (Phi) is 5.65. The molecular weight excluding hydrogens is 346 g/mol. The number of rotatable bonds is 5. The van der Waals surface area contributed by atoms with E-state index in [2.05, 4.69) is 10.3 Å². The molecule has 1 saturated heterocycles. The van der Waals surface area contributed by atoms with E-state index in [4.69, 9.17) is 10.2 Å². The first-order chi connectivity index (χ1) is 12.8.